The van der Waals surface area contributed by atoms with E-state index in [1.165, 1.54) is 24.3 Å². The number of nitrogens with zero attached hydrogens (tertiary/aromatic N) is 1. The zero-order valence-corrected chi connectivity index (χ0v) is 12.7. The summed E-state index contributed by atoms with van der Waals surface area (Å²) in [6.45, 7) is 0. The minimum absolute atomic E-state index is 0.0884. The topological polar surface area (TPSA) is 102 Å². The Kier molecular flexibility index (Phi) is 4.86. The van der Waals surface area contributed by atoms with Gasteiger partial charge < -0.3 is 9.92 Å². The first-order chi connectivity index (χ1) is 10.4. The molecule has 9 heteroatoms. The maximum absolute atomic E-state index is 12.0. The van der Waals surface area contributed by atoms with Gasteiger partial charge in [-0.15, -0.1) is 0 Å². The van der Waals surface area contributed by atoms with Crippen LogP contribution in [0.2, 0.25) is 5.02 Å². The van der Waals surface area contributed by atoms with E-state index >= 15 is 0 Å². The number of para-hydroxylation sites is 1. The van der Waals surface area contributed by atoms with Crippen LogP contribution in [0.25, 0.3) is 0 Å². The Hall–Kier alpha value is -2.29. The van der Waals surface area contributed by atoms with E-state index in [0.717, 1.165) is 0 Å². The van der Waals surface area contributed by atoms with Crippen LogP contribution < -0.4 is 19.8 Å². The number of benzene rings is 2. The van der Waals surface area contributed by atoms with Crippen molar-refractivity contribution in [2.45, 2.75) is 0 Å². The molecule has 0 heterocycles. The summed E-state index contributed by atoms with van der Waals surface area (Å²) >= 11 is 5.81. The summed E-state index contributed by atoms with van der Waals surface area (Å²) in [7, 11) is -4.31. The molecule has 7 nitrogen and oxygen atoms in total. The van der Waals surface area contributed by atoms with Gasteiger partial charge in [-0.2, -0.15) is 8.42 Å². The van der Waals surface area contributed by atoms with Gasteiger partial charge in [-0.05, 0) is 30.3 Å². The lowest BCUT2D eigenvalue weighted by Crippen LogP contribution is -2.50. The number of hydrogen-bond acceptors (Lipinski definition) is 4. The van der Waals surface area contributed by atoms with Crippen molar-refractivity contribution in [1.29, 1.82) is 0 Å². The van der Waals surface area contributed by atoms with Gasteiger partial charge in [-0.25, -0.2) is 9.80 Å². The van der Waals surface area contributed by atoms with E-state index in [2.05, 4.69) is 0 Å². The highest BCUT2D eigenvalue weighted by molar-refractivity contribution is 7.85. The standard InChI is InChI=1S/C13H12ClN3O4S/c14-10-5-4-6-11(9-10)17(13(15)18)16-22(19,20)21-12-7-2-1-3-8-12/h1-9,16H,(H2,15,18). The number of primary amides is 1. The first-order valence-corrected chi connectivity index (χ1v) is 7.78. The third-order valence-corrected chi connectivity index (χ3v) is 3.49. The molecule has 0 aliphatic rings. The molecule has 0 radical (unpaired) electrons. The minimum Gasteiger partial charge on any atom is -0.370 e. The average Bonchev–Trinajstić information content (AvgIpc) is 2.45. The van der Waals surface area contributed by atoms with Crippen molar-refractivity contribution in [2.75, 3.05) is 5.01 Å². The largest absolute Gasteiger partial charge is 0.400 e. The lowest BCUT2D eigenvalue weighted by Gasteiger charge is -2.20. The maximum atomic E-state index is 12.0. The Balaban J connectivity index is 2.22. The highest BCUT2D eigenvalue weighted by Crippen LogP contribution is 2.19. The predicted molar refractivity (Wildman–Crippen MR) is 82.6 cm³/mol. The number of amides is 2. The van der Waals surface area contributed by atoms with Crippen LogP contribution in [-0.2, 0) is 10.3 Å². The molecule has 0 aliphatic carbocycles. The number of nitrogens with one attached hydrogen (secondary N) is 1. The number of urea groups is 1. The van der Waals surface area contributed by atoms with Crippen molar-refractivity contribution < 1.29 is 17.4 Å². The number of hydrazine groups is 1. The second-order valence-electron chi connectivity index (χ2n) is 4.10. The molecule has 0 bridgehead atoms. The molecular formula is C13H12ClN3O4S. The first kappa shape index (κ1) is 16.1. The summed E-state index contributed by atoms with van der Waals surface area (Å²) in [5.41, 5.74) is 5.33. The molecule has 0 unspecified atom stereocenters. The highest BCUT2D eigenvalue weighted by atomic mass is 35.5. The van der Waals surface area contributed by atoms with Crippen molar-refractivity contribution in [3.63, 3.8) is 0 Å². The molecule has 0 spiro atoms. The average molecular weight is 342 g/mol. The molecule has 2 aromatic rings. The number of nitrogens with two attached hydrogens (primary N) is 1. The molecule has 0 fully saturated rings. The zero-order valence-electron chi connectivity index (χ0n) is 11.1. The van der Waals surface area contributed by atoms with Gasteiger partial charge in [0.15, 0.2) is 0 Å². The van der Waals surface area contributed by atoms with Crippen molar-refractivity contribution in [2.24, 2.45) is 5.73 Å². The minimum atomic E-state index is -4.31. The molecule has 0 aromatic heterocycles. The van der Waals surface area contributed by atoms with Gasteiger partial charge in [0.05, 0.1) is 5.69 Å². The molecule has 2 rings (SSSR count). The summed E-state index contributed by atoms with van der Waals surface area (Å²) in [5.74, 6) is 0.0884. The van der Waals surface area contributed by atoms with E-state index in [1.807, 2.05) is 4.83 Å². The van der Waals surface area contributed by atoms with Crippen LogP contribution in [-0.4, -0.2) is 14.4 Å². The van der Waals surface area contributed by atoms with Gasteiger partial charge in [0, 0.05) is 5.02 Å². The molecule has 116 valence electrons. The number of halogens is 1. The lowest BCUT2D eigenvalue weighted by molar-refractivity contribution is 0.252. The molecule has 0 saturated carbocycles. The SMILES string of the molecule is NC(=O)N(NS(=O)(=O)Oc1ccccc1)c1cccc(Cl)c1. The van der Waals surface area contributed by atoms with E-state index < -0.39 is 16.3 Å². The van der Waals surface area contributed by atoms with Gasteiger partial charge in [0.1, 0.15) is 5.75 Å². The molecule has 22 heavy (non-hydrogen) atoms. The number of hydrogen-bond donors (Lipinski definition) is 2. The van der Waals surface area contributed by atoms with Crippen LogP contribution in [0.3, 0.4) is 0 Å². The van der Waals surface area contributed by atoms with Crippen LogP contribution in [0.1, 0.15) is 0 Å². The van der Waals surface area contributed by atoms with Gasteiger partial charge in [0.2, 0.25) is 0 Å². The Morgan fingerprint density at radius 3 is 2.41 bits per heavy atom. The van der Waals surface area contributed by atoms with Gasteiger partial charge in [0.25, 0.3) is 0 Å². The van der Waals surface area contributed by atoms with Gasteiger partial charge in [-0.1, -0.05) is 40.7 Å². The van der Waals surface area contributed by atoms with E-state index in [-0.39, 0.29) is 11.4 Å². The summed E-state index contributed by atoms with van der Waals surface area (Å²) < 4.78 is 28.7. The fourth-order valence-electron chi connectivity index (χ4n) is 1.57. The van der Waals surface area contributed by atoms with Crippen LogP contribution in [0.15, 0.2) is 54.6 Å². The van der Waals surface area contributed by atoms with Crippen molar-refractivity contribution in [1.82, 2.24) is 4.83 Å². The molecular weight excluding hydrogens is 330 g/mol. The summed E-state index contributed by atoms with van der Waals surface area (Å²) in [5, 5.41) is 0.927. The first-order valence-electron chi connectivity index (χ1n) is 5.99. The van der Waals surface area contributed by atoms with E-state index in [1.54, 1.807) is 30.3 Å². The fourth-order valence-corrected chi connectivity index (χ4v) is 2.58. The molecule has 0 saturated heterocycles. The second-order valence-corrected chi connectivity index (χ2v) is 5.79. The summed E-state index contributed by atoms with van der Waals surface area (Å²) in [6, 6.07) is 12.7. The monoisotopic (exact) mass is 341 g/mol. The van der Waals surface area contributed by atoms with Crippen molar-refractivity contribution >= 4 is 33.6 Å². The number of carbonyl (C=O) groups excluding carboxylic acids is 1. The quantitative estimate of drug-likeness (QED) is 0.812. The molecule has 2 amide bonds. The summed E-state index contributed by atoms with van der Waals surface area (Å²) in [4.78, 5) is 13.4. The van der Waals surface area contributed by atoms with E-state index in [0.29, 0.717) is 10.0 Å². The number of anilines is 1. The van der Waals surface area contributed by atoms with E-state index in [9.17, 15) is 13.2 Å². The Morgan fingerprint density at radius 1 is 1.14 bits per heavy atom. The van der Waals surface area contributed by atoms with Crippen LogP contribution in [0.4, 0.5) is 10.5 Å². The highest BCUT2D eigenvalue weighted by Gasteiger charge is 2.22. The Morgan fingerprint density at radius 2 is 1.82 bits per heavy atom. The van der Waals surface area contributed by atoms with Crippen LogP contribution in [0, 0.1) is 0 Å². The smallest absolute Gasteiger partial charge is 0.370 e. The molecule has 0 aliphatic heterocycles. The normalized spacial score (nSPS) is 11.0. The predicted octanol–water partition coefficient (Wildman–Crippen LogP) is 2.05. The van der Waals surface area contributed by atoms with Gasteiger partial charge in [-0.3, -0.25) is 0 Å². The zero-order chi connectivity index (χ0) is 16.2. The maximum Gasteiger partial charge on any atom is 0.400 e. The van der Waals surface area contributed by atoms with Crippen LogP contribution >= 0.6 is 11.6 Å². The van der Waals surface area contributed by atoms with Crippen molar-refractivity contribution in [3.8, 4) is 5.75 Å². The summed E-state index contributed by atoms with van der Waals surface area (Å²) in [6.07, 6.45) is 0. The Labute approximate surface area is 132 Å². The van der Waals surface area contributed by atoms with E-state index in [4.69, 9.17) is 21.5 Å². The third-order valence-electron chi connectivity index (χ3n) is 2.44. The lowest BCUT2D eigenvalue weighted by atomic mass is 10.3. The van der Waals surface area contributed by atoms with Crippen LogP contribution in [0.5, 0.6) is 5.75 Å². The fraction of sp³-hybridized carbons (Fsp3) is 0. The van der Waals surface area contributed by atoms with Gasteiger partial charge >= 0.3 is 16.3 Å². The van der Waals surface area contributed by atoms with Crippen molar-refractivity contribution in [3.05, 3.63) is 59.6 Å². The molecule has 3 N–H and O–H groups in total. The molecule has 2 aromatic carbocycles. The number of rotatable bonds is 5. The second kappa shape index (κ2) is 6.65. The molecule has 0 atom stereocenters. The number of carbonyl (C=O) groups is 1. The Bertz CT molecular complexity index is 768. The third kappa shape index (κ3) is 4.35.